The monoisotopic (exact) mass is 275 g/mol. The van der Waals surface area contributed by atoms with Crippen molar-refractivity contribution in [1.82, 2.24) is 0 Å². The lowest BCUT2D eigenvalue weighted by atomic mass is 10.0. The molecule has 20 heavy (non-hydrogen) atoms. The Labute approximate surface area is 117 Å². The molecule has 0 bridgehead atoms. The maximum atomic E-state index is 12.0. The van der Waals surface area contributed by atoms with E-state index in [0.29, 0.717) is 5.56 Å². The highest BCUT2D eigenvalue weighted by Crippen LogP contribution is 2.17. The van der Waals surface area contributed by atoms with Crippen LogP contribution in [0.15, 0.2) is 36.4 Å². The number of nitro groups is 1. The smallest absolute Gasteiger partial charge is 0.338 e. The molecule has 0 aliphatic heterocycles. The highest BCUT2D eigenvalue weighted by Gasteiger charge is 2.15. The van der Waals surface area contributed by atoms with Gasteiger partial charge in [-0.3, -0.25) is 10.1 Å². The molecule has 1 atom stereocenters. The molecule has 0 radical (unpaired) electrons. The summed E-state index contributed by atoms with van der Waals surface area (Å²) in [6.45, 7) is 0. The molecule has 0 saturated carbocycles. The van der Waals surface area contributed by atoms with Crippen LogP contribution in [0.5, 0.6) is 0 Å². The van der Waals surface area contributed by atoms with E-state index in [4.69, 9.17) is 4.74 Å². The van der Waals surface area contributed by atoms with Gasteiger partial charge in [0.15, 0.2) is 0 Å². The van der Waals surface area contributed by atoms with Gasteiger partial charge in [0.2, 0.25) is 0 Å². The molecule has 1 aromatic rings. The Morgan fingerprint density at radius 1 is 1.20 bits per heavy atom. The van der Waals surface area contributed by atoms with Gasteiger partial charge in [0, 0.05) is 12.1 Å². The lowest BCUT2D eigenvalue weighted by Gasteiger charge is -2.16. The summed E-state index contributed by atoms with van der Waals surface area (Å²) in [5.41, 5.74) is 0.304. The molecule has 0 N–H and O–H groups in total. The second-order valence-corrected chi connectivity index (χ2v) is 4.81. The van der Waals surface area contributed by atoms with E-state index in [1.165, 1.54) is 30.7 Å². The van der Waals surface area contributed by atoms with Crippen LogP contribution in [0.3, 0.4) is 0 Å². The lowest BCUT2D eigenvalue weighted by molar-refractivity contribution is -0.384. The molecule has 1 aliphatic rings. The van der Waals surface area contributed by atoms with E-state index >= 15 is 0 Å². The fourth-order valence-electron chi connectivity index (χ4n) is 2.15. The lowest BCUT2D eigenvalue weighted by Crippen LogP contribution is -2.17. The number of hydrogen-bond donors (Lipinski definition) is 0. The average molecular weight is 275 g/mol. The first-order chi connectivity index (χ1) is 9.66. The zero-order valence-corrected chi connectivity index (χ0v) is 11.2. The van der Waals surface area contributed by atoms with Crippen LogP contribution in [0.1, 0.15) is 42.5 Å². The van der Waals surface area contributed by atoms with E-state index < -0.39 is 10.9 Å². The van der Waals surface area contributed by atoms with Crippen molar-refractivity contribution in [3.63, 3.8) is 0 Å². The Balaban J connectivity index is 1.99. The topological polar surface area (TPSA) is 69.4 Å². The Bertz CT molecular complexity index is 507. The van der Waals surface area contributed by atoms with Crippen molar-refractivity contribution >= 4 is 11.7 Å². The van der Waals surface area contributed by atoms with E-state index in [9.17, 15) is 14.9 Å². The molecular weight excluding hydrogens is 258 g/mol. The van der Waals surface area contributed by atoms with Crippen LogP contribution in [0, 0.1) is 10.1 Å². The fourth-order valence-corrected chi connectivity index (χ4v) is 2.15. The third-order valence-corrected chi connectivity index (χ3v) is 3.28. The number of rotatable bonds is 3. The number of nitrogens with zero attached hydrogens (tertiary/aromatic N) is 1. The Morgan fingerprint density at radius 2 is 1.95 bits per heavy atom. The number of ether oxygens (including phenoxy) is 1. The number of allylic oxidation sites excluding steroid dienone is 1. The average Bonchev–Trinajstić information content (AvgIpc) is 2.41. The third-order valence-electron chi connectivity index (χ3n) is 3.28. The van der Waals surface area contributed by atoms with Gasteiger partial charge in [-0.25, -0.2) is 4.79 Å². The van der Waals surface area contributed by atoms with Crippen LogP contribution in [0.2, 0.25) is 0 Å². The SMILES string of the molecule is O=C(O[C@@H]1/C=C/CCCCC1)c1ccc([N+](=O)[O-])cc1. The number of nitro benzene ring substituents is 1. The first-order valence-electron chi connectivity index (χ1n) is 6.79. The summed E-state index contributed by atoms with van der Waals surface area (Å²) in [6.07, 6.45) is 9.01. The Morgan fingerprint density at radius 3 is 2.65 bits per heavy atom. The first-order valence-corrected chi connectivity index (χ1v) is 6.79. The van der Waals surface area contributed by atoms with Crippen LogP contribution >= 0.6 is 0 Å². The molecule has 0 amide bonds. The van der Waals surface area contributed by atoms with Gasteiger partial charge in [0.25, 0.3) is 5.69 Å². The summed E-state index contributed by atoms with van der Waals surface area (Å²) in [5.74, 6) is -0.435. The van der Waals surface area contributed by atoms with E-state index in [1.54, 1.807) is 0 Å². The molecule has 0 aromatic heterocycles. The number of esters is 1. The molecule has 0 heterocycles. The van der Waals surface area contributed by atoms with E-state index in [-0.39, 0.29) is 11.8 Å². The summed E-state index contributed by atoms with van der Waals surface area (Å²) in [4.78, 5) is 22.0. The van der Waals surface area contributed by atoms with Gasteiger partial charge in [-0.2, -0.15) is 0 Å². The van der Waals surface area contributed by atoms with Gasteiger partial charge in [0.1, 0.15) is 6.10 Å². The predicted octanol–water partition coefficient (Wildman–Crippen LogP) is 3.64. The zero-order chi connectivity index (χ0) is 14.4. The van der Waals surface area contributed by atoms with Crippen molar-refractivity contribution in [3.05, 3.63) is 52.1 Å². The maximum absolute atomic E-state index is 12.0. The standard InChI is InChI=1S/C15H17NO4/c17-15(12-8-10-13(11-9-12)16(18)19)20-14-6-4-2-1-3-5-7-14/h4,6,8-11,14H,1-3,5,7H2/b6-4+/t14-/m1/s1. The van der Waals surface area contributed by atoms with Crippen LogP contribution in [0.25, 0.3) is 0 Å². The summed E-state index contributed by atoms with van der Waals surface area (Å²) >= 11 is 0. The fraction of sp³-hybridized carbons (Fsp3) is 0.400. The highest BCUT2D eigenvalue weighted by molar-refractivity contribution is 5.89. The minimum Gasteiger partial charge on any atom is -0.455 e. The minimum atomic E-state index is -0.493. The van der Waals surface area contributed by atoms with Crippen molar-refractivity contribution in [3.8, 4) is 0 Å². The molecule has 2 rings (SSSR count). The highest BCUT2D eigenvalue weighted by atomic mass is 16.6. The van der Waals surface area contributed by atoms with Gasteiger partial charge >= 0.3 is 5.97 Å². The molecule has 0 saturated heterocycles. The van der Waals surface area contributed by atoms with Gasteiger partial charge in [-0.15, -0.1) is 0 Å². The van der Waals surface area contributed by atoms with Crippen molar-refractivity contribution < 1.29 is 14.5 Å². The zero-order valence-electron chi connectivity index (χ0n) is 11.2. The normalized spacial score (nSPS) is 20.5. The van der Waals surface area contributed by atoms with Crippen LogP contribution in [-0.2, 0) is 4.74 Å². The molecule has 1 aromatic carbocycles. The second-order valence-electron chi connectivity index (χ2n) is 4.81. The summed E-state index contributed by atoms with van der Waals surface area (Å²) in [7, 11) is 0. The molecule has 106 valence electrons. The van der Waals surface area contributed by atoms with Gasteiger partial charge < -0.3 is 4.74 Å². The predicted molar refractivity (Wildman–Crippen MR) is 74.5 cm³/mol. The van der Waals surface area contributed by atoms with Gasteiger partial charge in [0.05, 0.1) is 10.5 Å². The number of carbonyl (C=O) groups excluding carboxylic acids is 1. The molecule has 5 nitrogen and oxygen atoms in total. The van der Waals surface area contributed by atoms with Crippen molar-refractivity contribution in [2.24, 2.45) is 0 Å². The Kier molecular flexibility index (Phi) is 4.87. The summed E-state index contributed by atoms with van der Waals surface area (Å²) < 4.78 is 5.42. The van der Waals surface area contributed by atoms with Crippen molar-refractivity contribution in [2.75, 3.05) is 0 Å². The van der Waals surface area contributed by atoms with Gasteiger partial charge in [-0.05, 0) is 43.9 Å². The van der Waals surface area contributed by atoms with Crippen molar-refractivity contribution in [2.45, 2.75) is 38.2 Å². The van der Waals surface area contributed by atoms with Gasteiger partial charge in [-0.1, -0.05) is 12.5 Å². The van der Waals surface area contributed by atoms with Crippen LogP contribution < -0.4 is 0 Å². The molecule has 1 aliphatic carbocycles. The molecule has 5 heteroatoms. The number of carbonyl (C=O) groups is 1. The summed E-state index contributed by atoms with van der Waals surface area (Å²) in [6, 6.07) is 5.47. The Hall–Kier alpha value is -2.17. The summed E-state index contributed by atoms with van der Waals surface area (Å²) in [5, 5.41) is 10.5. The van der Waals surface area contributed by atoms with E-state index in [1.807, 2.05) is 12.2 Å². The number of hydrogen-bond acceptors (Lipinski definition) is 4. The molecule has 0 spiro atoms. The molecular formula is C15H17NO4. The number of non-ortho nitro benzene ring substituents is 1. The minimum absolute atomic E-state index is 0.0348. The molecule has 0 unspecified atom stereocenters. The third kappa shape index (κ3) is 3.91. The van der Waals surface area contributed by atoms with E-state index in [2.05, 4.69) is 0 Å². The molecule has 0 fully saturated rings. The van der Waals surface area contributed by atoms with Crippen LogP contribution in [0.4, 0.5) is 5.69 Å². The quantitative estimate of drug-likeness (QED) is 0.365. The second kappa shape index (κ2) is 6.84. The van der Waals surface area contributed by atoms with Crippen molar-refractivity contribution in [1.29, 1.82) is 0 Å². The van der Waals surface area contributed by atoms with Crippen LogP contribution in [-0.4, -0.2) is 17.0 Å². The van der Waals surface area contributed by atoms with E-state index in [0.717, 1.165) is 25.7 Å². The largest absolute Gasteiger partial charge is 0.455 e. The maximum Gasteiger partial charge on any atom is 0.338 e. The number of benzene rings is 1. The first kappa shape index (κ1) is 14.2.